The molecule has 3 rings (SSSR count). The highest BCUT2D eigenvalue weighted by atomic mass is 35.5. The maximum absolute atomic E-state index is 13.4. The van der Waals surface area contributed by atoms with Crippen LogP contribution in [0.25, 0.3) is 0 Å². The van der Waals surface area contributed by atoms with E-state index in [2.05, 4.69) is 0 Å². The first kappa shape index (κ1) is 13.4. The number of rotatable bonds is 4. The van der Waals surface area contributed by atoms with Gasteiger partial charge in [0.2, 0.25) is 0 Å². The third kappa shape index (κ3) is 2.94. The van der Waals surface area contributed by atoms with Crippen LogP contribution in [0.15, 0.2) is 42.5 Å². The largest absolute Gasteiger partial charge is 0.490 e. The molecule has 0 amide bonds. The molecule has 20 heavy (non-hydrogen) atoms. The monoisotopic (exact) mass is 292 g/mol. The molecule has 1 N–H and O–H groups in total. The van der Waals surface area contributed by atoms with Gasteiger partial charge in [-0.15, -0.1) is 0 Å². The Balaban J connectivity index is 1.78. The number of aliphatic hydroxyl groups excluding tert-OH is 1. The summed E-state index contributed by atoms with van der Waals surface area (Å²) in [4.78, 5) is 0. The Bertz CT molecular complexity index is 608. The lowest BCUT2D eigenvalue weighted by atomic mass is 10.0. The fourth-order valence-corrected chi connectivity index (χ4v) is 2.10. The summed E-state index contributed by atoms with van der Waals surface area (Å²) in [7, 11) is 0. The number of ether oxygens (including phenoxy) is 1. The molecule has 0 saturated heterocycles. The average molecular weight is 293 g/mol. The molecule has 0 aliphatic heterocycles. The van der Waals surface area contributed by atoms with E-state index in [1.54, 1.807) is 18.2 Å². The summed E-state index contributed by atoms with van der Waals surface area (Å²) < 4.78 is 19.0. The minimum absolute atomic E-state index is 0.0501. The summed E-state index contributed by atoms with van der Waals surface area (Å²) in [6, 6.07) is 11.5. The predicted molar refractivity (Wildman–Crippen MR) is 75.6 cm³/mol. The second-order valence-electron chi connectivity index (χ2n) is 4.96. The van der Waals surface area contributed by atoms with Crippen LogP contribution >= 0.6 is 11.6 Å². The fourth-order valence-electron chi connectivity index (χ4n) is 1.98. The van der Waals surface area contributed by atoms with Crippen molar-refractivity contribution < 1.29 is 14.2 Å². The Morgan fingerprint density at radius 1 is 1.10 bits per heavy atom. The van der Waals surface area contributed by atoms with E-state index in [-0.39, 0.29) is 5.02 Å². The maximum Gasteiger partial charge on any atom is 0.142 e. The molecule has 104 valence electrons. The molecule has 1 aliphatic carbocycles. The van der Waals surface area contributed by atoms with Gasteiger partial charge in [-0.05, 0) is 48.2 Å². The standard InChI is InChI=1S/C16H14ClFO2/c17-14-8-3-11(9-15(14)18)16(19)10-1-4-12(5-2-10)20-13-6-7-13/h1-5,8-9,13,16,19H,6-7H2. The van der Waals surface area contributed by atoms with Crippen molar-refractivity contribution in [3.8, 4) is 5.75 Å². The molecule has 1 atom stereocenters. The van der Waals surface area contributed by atoms with E-state index >= 15 is 0 Å². The number of hydrogen-bond donors (Lipinski definition) is 1. The molecule has 1 aliphatic rings. The third-order valence-electron chi connectivity index (χ3n) is 3.28. The summed E-state index contributed by atoms with van der Waals surface area (Å²) in [6.07, 6.45) is 1.68. The first-order valence-corrected chi connectivity index (χ1v) is 6.91. The van der Waals surface area contributed by atoms with E-state index in [9.17, 15) is 9.50 Å². The zero-order valence-electron chi connectivity index (χ0n) is 10.7. The lowest BCUT2D eigenvalue weighted by Gasteiger charge is -2.13. The van der Waals surface area contributed by atoms with E-state index in [1.807, 2.05) is 12.1 Å². The molecule has 0 bridgehead atoms. The number of hydrogen-bond acceptors (Lipinski definition) is 2. The highest BCUT2D eigenvalue weighted by molar-refractivity contribution is 6.30. The van der Waals surface area contributed by atoms with Gasteiger partial charge in [0.1, 0.15) is 17.7 Å². The van der Waals surface area contributed by atoms with Crippen molar-refractivity contribution in [2.45, 2.75) is 25.0 Å². The van der Waals surface area contributed by atoms with Gasteiger partial charge < -0.3 is 9.84 Å². The Kier molecular flexibility index (Phi) is 3.64. The zero-order valence-corrected chi connectivity index (χ0v) is 11.5. The first-order chi connectivity index (χ1) is 9.63. The van der Waals surface area contributed by atoms with E-state index in [4.69, 9.17) is 16.3 Å². The van der Waals surface area contributed by atoms with Gasteiger partial charge in [-0.2, -0.15) is 0 Å². The molecular formula is C16H14ClFO2. The van der Waals surface area contributed by atoms with Crippen LogP contribution in [-0.4, -0.2) is 11.2 Å². The Morgan fingerprint density at radius 2 is 1.75 bits per heavy atom. The molecule has 0 spiro atoms. The minimum Gasteiger partial charge on any atom is -0.490 e. The van der Waals surface area contributed by atoms with Gasteiger partial charge in [0.15, 0.2) is 0 Å². The van der Waals surface area contributed by atoms with E-state index in [1.165, 1.54) is 12.1 Å². The van der Waals surface area contributed by atoms with Crippen molar-refractivity contribution in [1.82, 2.24) is 0 Å². The van der Waals surface area contributed by atoms with Crippen LogP contribution in [-0.2, 0) is 0 Å². The van der Waals surface area contributed by atoms with E-state index in [0.29, 0.717) is 17.2 Å². The molecule has 2 aromatic rings. The van der Waals surface area contributed by atoms with Crippen LogP contribution in [0.1, 0.15) is 30.1 Å². The van der Waals surface area contributed by atoms with Crippen LogP contribution in [0.4, 0.5) is 4.39 Å². The Morgan fingerprint density at radius 3 is 2.35 bits per heavy atom. The molecule has 2 nitrogen and oxygen atoms in total. The summed E-state index contributed by atoms with van der Waals surface area (Å²) >= 11 is 5.63. The normalized spacial score (nSPS) is 15.9. The Labute approximate surface area is 121 Å². The van der Waals surface area contributed by atoms with Gasteiger partial charge in [-0.1, -0.05) is 29.8 Å². The molecule has 0 radical (unpaired) electrons. The molecule has 0 aromatic heterocycles. The average Bonchev–Trinajstić information content (AvgIpc) is 3.26. The van der Waals surface area contributed by atoms with Crippen molar-refractivity contribution in [3.05, 3.63) is 64.4 Å². The number of aliphatic hydroxyl groups is 1. The van der Waals surface area contributed by atoms with Crippen LogP contribution in [0.5, 0.6) is 5.75 Å². The van der Waals surface area contributed by atoms with E-state index < -0.39 is 11.9 Å². The van der Waals surface area contributed by atoms with Gasteiger partial charge in [0.05, 0.1) is 11.1 Å². The summed E-state index contributed by atoms with van der Waals surface area (Å²) in [5.74, 6) is 0.266. The Hall–Kier alpha value is -1.58. The molecule has 1 fully saturated rings. The topological polar surface area (TPSA) is 29.5 Å². The second-order valence-corrected chi connectivity index (χ2v) is 5.37. The van der Waals surface area contributed by atoms with Crippen molar-refractivity contribution >= 4 is 11.6 Å². The quantitative estimate of drug-likeness (QED) is 0.919. The molecular weight excluding hydrogens is 279 g/mol. The predicted octanol–water partition coefficient (Wildman–Crippen LogP) is 4.10. The van der Waals surface area contributed by atoms with Crippen LogP contribution in [0.3, 0.4) is 0 Å². The lowest BCUT2D eigenvalue weighted by molar-refractivity contribution is 0.219. The van der Waals surface area contributed by atoms with Crippen molar-refractivity contribution in [2.75, 3.05) is 0 Å². The van der Waals surface area contributed by atoms with Crippen molar-refractivity contribution in [2.24, 2.45) is 0 Å². The van der Waals surface area contributed by atoms with E-state index in [0.717, 1.165) is 18.6 Å². The third-order valence-corrected chi connectivity index (χ3v) is 3.59. The number of halogens is 2. The van der Waals surface area contributed by atoms with Gasteiger partial charge in [0.25, 0.3) is 0 Å². The molecule has 1 unspecified atom stereocenters. The van der Waals surface area contributed by atoms with Crippen LogP contribution in [0, 0.1) is 5.82 Å². The lowest BCUT2D eigenvalue weighted by Crippen LogP contribution is -2.01. The SMILES string of the molecule is OC(c1ccc(OC2CC2)cc1)c1ccc(Cl)c(F)c1. The smallest absolute Gasteiger partial charge is 0.142 e. The van der Waals surface area contributed by atoms with Gasteiger partial charge >= 0.3 is 0 Å². The highest BCUT2D eigenvalue weighted by Crippen LogP contribution is 2.29. The summed E-state index contributed by atoms with van der Waals surface area (Å²) in [5, 5.41) is 10.3. The zero-order chi connectivity index (χ0) is 14.1. The second kappa shape index (κ2) is 5.43. The summed E-state index contributed by atoms with van der Waals surface area (Å²) in [6.45, 7) is 0. The summed E-state index contributed by atoms with van der Waals surface area (Å²) in [5.41, 5.74) is 1.16. The molecule has 1 saturated carbocycles. The van der Waals surface area contributed by atoms with Gasteiger partial charge in [-0.25, -0.2) is 4.39 Å². The van der Waals surface area contributed by atoms with Crippen LogP contribution < -0.4 is 4.74 Å². The highest BCUT2D eigenvalue weighted by Gasteiger charge is 2.23. The van der Waals surface area contributed by atoms with Crippen LogP contribution in [0.2, 0.25) is 5.02 Å². The minimum atomic E-state index is -0.878. The fraction of sp³-hybridized carbons (Fsp3) is 0.250. The van der Waals surface area contributed by atoms with Crippen molar-refractivity contribution in [3.63, 3.8) is 0 Å². The molecule has 0 heterocycles. The van der Waals surface area contributed by atoms with Gasteiger partial charge in [0, 0.05) is 0 Å². The first-order valence-electron chi connectivity index (χ1n) is 6.53. The maximum atomic E-state index is 13.4. The van der Waals surface area contributed by atoms with Gasteiger partial charge in [-0.3, -0.25) is 0 Å². The molecule has 4 heteroatoms. The number of benzene rings is 2. The molecule has 2 aromatic carbocycles. The van der Waals surface area contributed by atoms with Crippen molar-refractivity contribution in [1.29, 1.82) is 0 Å².